The van der Waals surface area contributed by atoms with E-state index in [0.717, 1.165) is 0 Å². The van der Waals surface area contributed by atoms with Crippen LogP contribution in [0.4, 0.5) is 0 Å². The summed E-state index contributed by atoms with van der Waals surface area (Å²) in [5, 5.41) is 8.86. The molecule has 1 aromatic rings. The fourth-order valence-electron chi connectivity index (χ4n) is 1.20. The van der Waals surface area contributed by atoms with Crippen molar-refractivity contribution in [1.29, 1.82) is 0 Å². The van der Waals surface area contributed by atoms with Crippen molar-refractivity contribution >= 4 is 17.7 Å². The van der Waals surface area contributed by atoms with Gasteiger partial charge in [-0.25, -0.2) is 0 Å². The van der Waals surface area contributed by atoms with E-state index in [1.54, 1.807) is 18.7 Å². The fourth-order valence-corrected chi connectivity index (χ4v) is 2.41. The van der Waals surface area contributed by atoms with Crippen molar-refractivity contribution in [2.24, 2.45) is 5.73 Å². The van der Waals surface area contributed by atoms with Gasteiger partial charge in [0.2, 0.25) is 0 Å². The van der Waals surface area contributed by atoms with Crippen molar-refractivity contribution in [3.63, 3.8) is 0 Å². The molecule has 0 aliphatic rings. The number of aliphatic carboxylic acids is 1. The predicted molar refractivity (Wildman–Crippen MR) is 66.7 cm³/mol. The molecule has 0 amide bonds. The molecule has 0 aliphatic heterocycles. The van der Waals surface area contributed by atoms with Crippen molar-refractivity contribution in [3.8, 4) is 0 Å². The average Bonchev–Trinajstić information content (AvgIpc) is 2.20. The van der Waals surface area contributed by atoms with Gasteiger partial charge in [0.05, 0.1) is 0 Å². The molecular weight excluding hydrogens is 222 g/mol. The van der Waals surface area contributed by atoms with Gasteiger partial charge in [-0.1, -0.05) is 18.2 Å². The van der Waals surface area contributed by atoms with Gasteiger partial charge in [0.1, 0.15) is 5.54 Å². The van der Waals surface area contributed by atoms with Gasteiger partial charge in [0.15, 0.2) is 0 Å². The number of thioether (sulfide) groups is 1. The third-order valence-corrected chi connectivity index (χ3v) is 3.64. The van der Waals surface area contributed by atoms with Crippen molar-refractivity contribution in [2.45, 2.75) is 30.7 Å². The SMILES string of the molecule is Cc1ccccc1SCCC(C)(N)C(=O)O. The lowest BCUT2D eigenvalue weighted by Crippen LogP contribution is -2.45. The number of carbonyl (C=O) groups is 1. The van der Waals surface area contributed by atoms with Crippen molar-refractivity contribution < 1.29 is 9.90 Å². The molecule has 0 radical (unpaired) electrons. The van der Waals surface area contributed by atoms with E-state index in [1.165, 1.54) is 10.5 Å². The maximum atomic E-state index is 10.8. The first-order valence-corrected chi connectivity index (χ1v) is 6.13. The second-order valence-electron chi connectivity index (χ2n) is 4.09. The summed E-state index contributed by atoms with van der Waals surface area (Å²) in [6.07, 6.45) is 0.460. The maximum absolute atomic E-state index is 10.8. The number of hydrogen-bond donors (Lipinski definition) is 2. The molecule has 0 spiro atoms. The second-order valence-corrected chi connectivity index (χ2v) is 5.22. The molecule has 1 aromatic carbocycles. The Balaban J connectivity index is 2.48. The first kappa shape index (κ1) is 13.1. The Morgan fingerprint density at radius 3 is 2.69 bits per heavy atom. The second kappa shape index (κ2) is 5.37. The van der Waals surface area contributed by atoms with Gasteiger partial charge in [0.25, 0.3) is 0 Å². The molecule has 88 valence electrons. The number of aryl methyl sites for hydroxylation is 1. The molecule has 0 saturated heterocycles. The normalized spacial score (nSPS) is 14.4. The van der Waals surface area contributed by atoms with E-state index >= 15 is 0 Å². The minimum atomic E-state index is -1.13. The molecular formula is C12H17NO2S. The van der Waals surface area contributed by atoms with Gasteiger partial charge in [-0.2, -0.15) is 0 Å². The Labute approximate surface area is 100 Å². The summed E-state index contributed by atoms with van der Waals surface area (Å²) in [5.74, 6) is -0.234. The molecule has 16 heavy (non-hydrogen) atoms. The largest absolute Gasteiger partial charge is 0.480 e. The van der Waals surface area contributed by atoms with E-state index in [4.69, 9.17) is 10.8 Å². The molecule has 0 aliphatic carbocycles. The fraction of sp³-hybridized carbons (Fsp3) is 0.417. The van der Waals surface area contributed by atoms with Crippen LogP contribution in [-0.2, 0) is 4.79 Å². The molecule has 1 atom stereocenters. The standard InChI is InChI=1S/C12H17NO2S/c1-9-5-3-4-6-10(9)16-8-7-12(2,13)11(14)15/h3-6H,7-8,13H2,1-2H3,(H,14,15). The summed E-state index contributed by atoms with van der Waals surface area (Å²) in [5.41, 5.74) is 5.73. The Kier molecular flexibility index (Phi) is 4.38. The number of hydrogen-bond acceptors (Lipinski definition) is 3. The van der Waals surface area contributed by atoms with Crippen LogP contribution < -0.4 is 5.73 Å². The molecule has 1 unspecified atom stereocenters. The Morgan fingerprint density at radius 1 is 1.50 bits per heavy atom. The molecule has 0 aromatic heterocycles. The maximum Gasteiger partial charge on any atom is 0.323 e. The smallest absolute Gasteiger partial charge is 0.323 e. The van der Waals surface area contributed by atoms with Crippen LogP contribution in [0.25, 0.3) is 0 Å². The van der Waals surface area contributed by atoms with Crippen molar-refractivity contribution in [3.05, 3.63) is 29.8 Å². The van der Waals surface area contributed by atoms with Crippen LogP contribution in [0.3, 0.4) is 0 Å². The van der Waals surface area contributed by atoms with Crippen LogP contribution in [0, 0.1) is 6.92 Å². The van der Waals surface area contributed by atoms with Gasteiger partial charge in [-0.3, -0.25) is 4.79 Å². The van der Waals surface area contributed by atoms with Crippen LogP contribution >= 0.6 is 11.8 Å². The molecule has 0 fully saturated rings. The lowest BCUT2D eigenvalue weighted by atomic mass is 10.0. The van der Waals surface area contributed by atoms with Crippen molar-refractivity contribution in [2.75, 3.05) is 5.75 Å². The van der Waals surface area contributed by atoms with Crippen molar-refractivity contribution in [1.82, 2.24) is 0 Å². The first-order valence-electron chi connectivity index (χ1n) is 5.14. The summed E-state index contributed by atoms with van der Waals surface area (Å²) in [6.45, 7) is 3.59. The van der Waals surface area contributed by atoms with E-state index in [-0.39, 0.29) is 0 Å². The highest BCUT2D eigenvalue weighted by molar-refractivity contribution is 7.99. The Bertz CT molecular complexity index is 377. The van der Waals surface area contributed by atoms with Crippen LogP contribution in [0.2, 0.25) is 0 Å². The topological polar surface area (TPSA) is 63.3 Å². The Hall–Kier alpha value is -1.00. The molecule has 0 bridgehead atoms. The summed E-state index contributed by atoms with van der Waals surface area (Å²) in [6, 6.07) is 8.05. The summed E-state index contributed by atoms with van der Waals surface area (Å²) >= 11 is 1.65. The van der Waals surface area contributed by atoms with E-state index in [1.807, 2.05) is 31.2 Å². The van der Waals surface area contributed by atoms with Crippen LogP contribution in [-0.4, -0.2) is 22.4 Å². The molecule has 1 rings (SSSR count). The van der Waals surface area contributed by atoms with Crippen LogP contribution in [0.15, 0.2) is 29.2 Å². The molecule has 4 heteroatoms. The zero-order chi connectivity index (χ0) is 12.2. The summed E-state index contributed by atoms with van der Waals surface area (Å²) < 4.78 is 0. The monoisotopic (exact) mass is 239 g/mol. The van der Waals surface area contributed by atoms with Gasteiger partial charge in [0, 0.05) is 10.6 Å². The number of carboxylic acid groups (broad SMARTS) is 1. The van der Waals surface area contributed by atoms with E-state index < -0.39 is 11.5 Å². The number of rotatable bonds is 5. The Morgan fingerprint density at radius 2 is 2.12 bits per heavy atom. The zero-order valence-corrected chi connectivity index (χ0v) is 10.4. The van der Waals surface area contributed by atoms with Gasteiger partial charge in [-0.05, 0) is 31.9 Å². The van der Waals surface area contributed by atoms with Gasteiger partial charge >= 0.3 is 5.97 Å². The highest BCUT2D eigenvalue weighted by Gasteiger charge is 2.27. The van der Waals surface area contributed by atoms with Gasteiger partial charge in [-0.15, -0.1) is 11.8 Å². The quantitative estimate of drug-likeness (QED) is 0.774. The molecule has 3 N–H and O–H groups in total. The van der Waals surface area contributed by atoms with Crippen LogP contribution in [0.1, 0.15) is 18.9 Å². The van der Waals surface area contributed by atoms with Gasteiger partial charge < -0.3 is 10.8 Å². The minimum Gasteiger partial charge on any atom is -0.480 e. The highest BCUT2D eigenvalue weighted by atomic mass is 32.2. The van der Waals surface area contributed by atoms with Crippen LogP contribution in [0.5, 0.6) is 0 Å². The number of nitrogens with two attached hydrogens (primary N) is 1. The lowest BCUT2D eigenvalue weighted by Gasteiger charge is -2.18. The van der Waals surface area contributed by atoms with E-state index in [9.17, 15) is 4.79 Å². The predicted octanol–water partition coefficient (Wildman–Crippen LogP) is 2.28. The third-order valence-electron chi connectivity index (χ3n) is 2.46. The third kappa shape index (κ3) is 3.54. The van der Waals surface area contributed by atoms with E-state index in [2.05, 4.69) is 0 Å². The summed E-state index contributed by atoms with van der Waals surface area (Å²) in [4.78, 5) is 12.0. The molecule has 0 heterocycles. The average molecular weight is 239 g/mol. The number of carboxylic acids is 1. The minimum absolute atomic E-state index is 0.460. The lowest BCUT2D eigenvalue weighted by molar-refractivity contribution is -0.142. The number of benzene rings is 1. The summed E-state index contributed by atoms with van der Waals surface area (Å²) in [7, 11) is 0. The molecule has 0 saturated carbocycles. The molecule has 3 nitrogen and oxygen atoms in total. The highest BCUT2D eigenvalue weighted by Crippen LogP contribution is 2.24. The van der Waals surface area contributed by atoms with E-state index in [0.29, 0.717) is 12.2 Å². The zero-order valence-electron chi connectivity index (χ0n) is 9.56. The first-order chi connectivity index (χ1) is 7.43.